The average molecular weight is 535 g/mol. The highest BCUT2D eigenvalue weighted by molar-refractivity contribution is 9.10. The summed E-state index contributed by atoms with van der Waals surface area (Å²) in [6.07, 6.45) is 1.24. The van der Waals surface area contributed by atoms with Crippen LogP contribution in [-0.4, -0.2) is 12.5 Å². The number of benzene rings is 3. The SMILES string of the molecule is O=C(COc1ccc2c(=O)c(Oc3ccccc3Br)coc2c1)Nc1cc(Cl)cc(Cl)c1. The molecule has 1 aromatic heterocycles. The second-order valence-corrected chi connectivity index (χ2v) is 8.34. The molecule has 4 aromatic rings. The van der Waals surface area contributed by atoms with Crippen LogP contribution in [0.2, 0.25) is 10.0 Å². The molecule has 1 amide bonds. The zero-order valence-electron chi connectivity index (χ0n) is 16.2. The zero-order valence-corrected chi connectivity index (χ0v) is 19.3. The van der Waals surface area contributed by atoms with Gasteiger partial charge in [0.05, 0.1) is 9.86 Å². The molecule has 0 unspecified atom stereocenters. The molecule has 9 heteroatoms. The van der Waals surface area contributed by atoms with Gasteiger partial charge in [-0.25, -0.2) is 0 Å². The Labute approximate surface area is 200 Å². The van der Waals surface area contributed by atoms with Gasteiger partial charge in [-0.2, -0.15) is 0 Å². The van der Waals surface area contributed by atoms with Crippen LogP contribution in [0.1, 0.15) is 0 Å². The lowest BCUT2D eigenvalue weighted by Crippen LogP contribution is -2.20. The van der Waals surface area contributed by atoms with Crippen LogP contribution < -0.4 is 20.2 Å². The van der Waals surface area contributed by atoms with E-state index < -0.39 is 5.91 Å². The van der Waals surface area contributed by atoms with E-state index in [1.807, 2.05) is 6.07 Å². The molecule has 162 valence electrons. The van der Waals surface area contributed by atoms with Crippen LogP contribution in [-0.2, 0) is 4.79 Å². The Morgan fingerprint density at radius 3 is 2.50 bits per heavy atom. The molecule has 0 aliphatic heterocycles. The second kappa shape index (κ2) is 9.65. The number of halogens is 3. The first-order valence-corrected chi connectivity index (χ1v) is 10.8. The highest BCUT2D eigenvalue weighted by Crippen LogP contribution is 2.29. The number of carbonyl (C=O) groups is 1. The maximum atomic E-state index is 12.8. The highest BCUT2D eigenvalue weighted by Gasteiger charge is 2.12. The molecule has 0 spiro atoms. The average Bonchev–Trinajstić information content (AvgIpc) is 2.75. The minimum Gasteiger partial charge on any atom is -0.484 e. The maximum Gasteiger partial charge on any atom is 0.262 e. The van der Waals surface area contributed by atoms with Gasteiger partial charge in [0.25, 0.3) is 5.91 Å². The number of carbonyl (C=O) groups excluding carboxylic acids is 1. The van der Waals surface area contributed by atoms with E-state index in [2.05, 4.69) is 21.2 Å². The Morgan fingerprint density at radius 2 is 1.75 bits per heavy atom. The molecule has 0 fully saturated rings. The van der Waals surface area contributed by atoms with Crippen molar-refractivity contribution in [2.45, 2.75) is 0 Å². The van der Waals surface area contributed by atoms with Crippen LogP contribution in [0.25, 0.3) is 11.0 Å². The fourth-order valence-electron chi connectivity index (χ4n) is 2.87. The molecule has 0 radical (unpaired) electrons. The van der Waals surface area contributed by atoms with Gasteiger partial charge in [0, 0.05) is 21.8 Å². The van der Waals surface area contributed by atoms with Crippen molar-refractivity contribution in [2.75, 3.05) is 11.9 Å². The number of para-hydroxylation sites is 1. The van der Waals surface area contributed by atoms with E-state index in [1.54, 1.807) is 48.5 Å². The molecule has 0 atom stereocenters. The van der Waals surface area contributed by atoms with Gasteiger partial charge >= 0.3 is 0 Å². The number of rotatable bonds is 6. The smallest absolute Gasteiger partial charge is 0.262 e. The molecule has 0 saturated carbocycles. The molecule has 0 bridgehead atoms. The quantitative estimate of drug-likeness (QED) is 0.299. The number of hydrogen-bond acceptors (Lipinski definition) is 5. The number of ether oxygens (including phenoxy) is 2. The molecule has 4 rings (SSSR count). The normalized spacial score (nSPS) is 10.7. The third-order valence-corrected chi connectivity index (χ3v) is 5.38. The van der Waals surface area contributed by atoms with Crippen LogP contribution in [0.3, 0.4) is 0 Å². The Morgan fingerprint density at radius 1 is 1.00 bits per heavy atom. The summed E-state index contributed by atoms with van der Waals surface area (Å²) in [6, 6.07) is 16.5. The third kappa shape index (κ3) is 5.24. The van der Waals surface area contributed by atoms with E-state index in [1.165, 1.54) is 12.3 Å². The molecule has 0 aliphatic carbocycles. The molecule has 1 N–H and O–H groups in total. The summed E-state index contributed by atoms with van der Waals surface area (Å²) in [5.41, 5.74) is 0.427. The third-order valence-electron chi connectivity index (χ3n) is 4.29. The molecule has 1 heterocycles. The predicted molar refractivity (Wildman–Crippen MR) is 127 cm³/mol. The summed E-state index contributed by atoms with van der Waals surface area (Å²) in [5.74, 6) is 0.505. The van der Waals surface area contributed by atoms with Crippen molar-refractivity contribution in [3.63, 3.8) is 0 Å². The van der Waals surface area contributed by atoms with Crippen molar-refractivity contribution in [3.05, 3.63) is 91.7 Å². The summed E-state index contributed by atoms with van der Waals surface area (Å²) in [5, 5.41) is 3.78. The summed E-state index contributed by atoms with van der Waals surface area (Å²) in [4.78, 5) is 24.9. The topological polar surface area (TPSA) is 77.8 Å². The van der Waals surface area contributed by atoms with Gasteiger partial charge < -0.3 is 19.2 Å². The van der Waals surface area contributed by atoms with Crippen LogP contribution >= 0.6 is 39.1 Å². The molecular weight excluding hydrogens is 521 g/mol. The number of anilines is 1. The largest absolute Gasteiger partial charge is 0.484 e. The van der Waals surface area contributed by atoms with Gasteiger partial charge in [-0.3, -0.25) is 9.59 Å². The lowest BCUT2D eigenvalue weighted by molar-refractivity contribution is -0.118. The number of amides is 1. The molecule has 32 heavy (non-hydrogen) atoms. The van der Waals surface area contributed by atoms with E-state index in [9.17, 15) is 9.59 Å². The Bertz CT molecular complexity index is 1350. The lowest BCUT2D eigenvalue weighted by atomic mass is 10.2. The van der Waals surface area contributed by atoms with Gasteiger partial charge in [-0.05, 0) is 58.4 Å². The minimum atomic E-state index is -0.401. The van der Waals surface area contributed by atoms with E-state index in [-0.39, 0.29) is 17.8 Å². The second-order valence-electron chi connectivity index (χ2n) is 6.61. The first kappa shape index (κ1) is 22.2. The standard InChI is InChI=1S/C23H14BrCl2NO5/c24-18-3-1-2-4-19(18)32-21-11-31-20-10-16(5-6-17(20)23(21)29)30-12-22(28)27-15-8-13(25)7-14(26)9-15/h1-11H,12H2,(H,27,28). The molecular formula is C23H14BrCl2NO5. The predicted octanol–water partition coefficient (Wildman–Crippen LogP) is 6.67. The summed E-state index contributed by atoms with van der Waals surface area (Å²) >= 11 is 15.2. The zero-order chi connectivity index (χ0) is 22.7. The Balaban J connectivity index is 1.46. The first-order valence-electron chi connectivity index (χ1n) is 9.26. The molecule has 0 aliphatic rings. The van der Waals surface area contributed by atoms with Gasteiger partial charge in [-0.15, -0.1) is 0 Å². The van der Waals surface area contributed by atoms with E-state index in [0.29, 0.717) is 42.7 Å². The maximum absolute atomic E-state index is 12.8. The fourth-order valence-corrected chi connectivity index (χ4v) is 3.76. The van der Waals surface area contributed by atoms with Crippen molar-refractivity contribution in [3.8, 4) is 17.2 Å². The van der Waals surface area contributed by atoms with E-state index >= 15 is 0 Å². The van der Waals surface area contributed by atoms with E-state index in [4.69, 9.17) is 37.1 Å². The van der Waals surface area contributed by atoms with E-state index in [0.717, 1.165) is 0 Å². The van der Waals surface area contributed by atoms with Crippen molar-refractivity contribution >= 4 is 61.7 Å². The molecule has 6 nitrogen and oxygen atoms in total. The monoisotopic (exact) mass is 533 g/mol. The highest BCUT2D eigenvalue weighted by atomic mass is 79.9. The summed E-state index contributed by atoms with van der Waals surface area (Å²) < 4.78 is 17.5. The van der Waals surface area contributed by atoms with Crippen molar-refractivity contribution in [2.24, 2.45) is 0 Å². The molecule has 0 saturated heterocycles. The van der Waals surface area contributed by atoms with Gasteiger partial charge in [-0.1, -0.05) is 35.3 Å². The number of fused-ring (bicyclic) bond motifs is 1. The summed E-state index contributed by atoms with van der Waals surface area (Å²) in [7, 11) is 0. The number of nitrogens with one attached hydrogen (secondary N) is 1. The van der Waals surface area contributed by atoms with Crippen molar-refractivity contribution in [1.82, 2.24) is 0 Å². The number of hydrogen-bond donors (Lipinski definition) is 1. The van der Waals surface area contributed by atoms with Crippen LogP contribution in [0.5, 0.6) is 17.2 Å². The van der Waals surface area contributed by atoms with Crippen molar-refractivity contribution in [1.29, 1.82) is 0 Å². The molecule has 3 aromatic carbocycles. The lowest BCUT2D eigenvalue weighted by Gasteiger charge is -2.10. The Kier molecular flexibility index (Phi) is 6.69. The van der Waals surface area contributed by atoms with Crippen LogP contribution in [0.15, 0.2) is 80.6 Å². The van der Waals surface area contributed by atoms with Gasteiger partial charge in [0.2, 0.25) is 11.2 Å². The fraction of sp³-hybridized carbons (Fsp3) is 0.0435. The van der Waals surface area contributed by atoms with Crippen LogP contribution in [0, 0.1) is 0 Å². The van der Waals surface area contributed by atoms with Gasteiger partial charge in [0.15, 0.2) is 6.61 Å². The van der Waals surface area contributed by atoms with Crippen LogP contribution in [0.4, 0.5) is 5.69 Å². The first-order chi connectivity index (χ1) is 15.4. The van der Waals surface area contributed by atoms with Crippen molar-refractivity contribution < 1.29 is 18.7 Å². The summed E-state index contributed by atoms with van der Waals surface area (Å²) in [6.45, 7) is -0.261. The Hall–Kier alpha value is -3.00. The van der Waals surface area contributed by atoms with Gasteiger partial charge in [0.1, 0.15) is 23.3 Å². The minimum absolute atomic E-state index is 0.0534.